The molecule has 3 heteroatoms. The van der Waals surface area contributed by atoms with Gasteiger partial charge in [-0.25, -0.2) is 0 Å². The van der Waals surface area contributed by atoms with Gasteiger partial charge >= 0.3 is 0 Å². The molecule has 2 heterocycles. The van der Waals surface area contributed by atoms with Crippen LogP contribution in [0.1, 0.15) is 18.5 Å². The molecule has 1 saturated heterocycles. The van der Waals surface area contributed by atoms with Gasteiger partial charge in [-0.15, -0.1) is 0 Å². The quantitative estimate of drug-likeness (QED) is 0.612. The van der Waals surface area contributed by atoms with Crippen LogP contribution in [0.3, 0.4) is 0 Å². The lowest BCUT2D eigenvalue weighted by molar-refractivity contribution is 0.415. The number of aromatic nitrogens is 1. The first-order valence-corrected chi connectivity index (χ1v) is 4.04. The number of anilines is 1. The van der Waals surface area contributed by atoms with Crippen LogP contribution in [0.25, 0.3) is 0 Å². The van der Waals surface area contributed by atoms with Gasteiger partial charge in [0, 0.05) is 19.2 Å². The van der Waals surface area contributed by atoms with Gasteiger partial charge in [-0.1, -0.05) is 5.16 Å². The summed E-state index contributed by atoms with van der Waals surface area (Å²) in [4.78, 5) is 2.24. The van der Waals surface area contributed by atoms with E-state index in [0.717, 1.165) is 24.7 Å². The molecule has 1 aromatic heterocycles. The lowest BCUT2D eigenvalue weighted by Gasteiger charge is -2.10. The summed E-state index contributed by atoms with van der Waals surface area (Å²) >= 11 is 0. The van der Waals surface area contributed by atoms with Gasteiger partial charge in [0.15, 0.2) is 0 Å². The molecule has 0 unspecified atom stereocenters. The topological polar surface area (TPSA) is 29.3 Å². The minimum Gasteiger partial charge on any atom is -0.341 e. The molecule has 0 atom stereocenters. The molecule has 0 N–H and O–H groups in total. The van der Waals surface area contributed by atoms with Crippen LogP contribution >= 0.6 is 0 Å². The second-order valence-electron chi connectivity index (χ2n) is 3.00. The molecule has 11 heavy (non-hydrogen) atoms. The molecule has 0 aromatic carbocycles. The van der Waals surface area contributed by atoms with Crippen LogP contribution in [-0.4, -0.2) is 18.2 Å². The molecule has 0 saturated carbocycles. The number of hydrogen-bond acceptors (Lipinski definition) is 3. The van der Waals surface area contributed by atoms with Gasteiger partial charge in [0.2, 0.25) is 5.88 Å². The molecule has 1 aliphatic rings. The summed E-state index contributed by atoms with van der Waals surface area (Å²) in [5.41, 5.74) is 0.965. The number of nitrogens with zero attached hydrogens (tertiary/aromatic N) is 2. The second kappa shape index (κ2) is 2.57. The van der Waals surface area contributed by atoms with E-state index in [-0.39, 0.29) is 0 Å². The lowest BCUT2D eigenvalue weighted by atomic mass is 10.4. The van der Waals surface area contributed by atoms with Gasteiger partial charge in [-0.2, -0.15) is 0 Å². The maximum Gasteiger partial charge on any atom is 0.227 e. The van der Waals surface area contributed by atoms with Crippen LogP contribution in [0.5, 0.6) is 0 Å². The molecule has 0 amide bonds. The zero-order valence-electron chi connectivity index (χ0n) is 6.71. The number of aryl methyl sites for hydroxylation is 1. The standard InChI is InChI=1S/C8H12N2O/c1-7-6-8(11-9-7)10-4-2-3-5-10/h6H,2-5H2,1H3. The Labute approximate surface area is 66.0 Å². The monoisotopic (exact) mass is 152 g/mol. The van der Waals surface area contributed by atoms with Gasteiger partial charge in [-0.3, -0.25) is 0 Å². The highest BCUT2D eigenvalue weighted by Crippen LogP contribution is 2.20. The second-order valence-corrected chi connectivity index (χ2v) is 3.00. The first-order chi connectivity index (χ1) is 5.36. The third kappa shape index (κ3) is 1.23. The normalized spacial score (nSPS) is 17.7. The van der Waals surface area contributed by atoms with E-state index in [1.165, 1.54) is 12.8 Å². The van der Waals surface area contributed by atoms with Crippen molar-refractivity contribution in [3.8, 4) is 0 Å². The van der Waals surface area contributed by atoms with Crippen molar-refractivity contribution < 1.29 is 4.52 Å². The van der Waals surface area contributed by atoms with Crippen LogP contribution in [0, 0.1) is 6.92 Å². The Morgan fingerprint density at radius 1 is 1.45 bits per heavy atom. The molecule has 60 valence electrons. The molecule has 2 rings (SSSR count). The summed E-state index contributed by atoms with van der Waals surface area (Å²) in [6.07, 6.45) is 2.56. The van der Waals surface area contributed by atoms with Crippen molar-refractivity contribution in [2.45, 2.75) is 19.8 Å². The maximum atomic E-state index is 5.12. The summed E-state index contributed by atoms with van der Waals surface area (Å²) in [7, 11) is 0. The summed E-state index contributed by atoms with van der Waals surface area (Å²) in [6, 6.07) is 1.99. The maximum absolute atomic E-state index is 5.12. The number of hydrogen-bond donors (Lipinski definition) is 0. The van der Waals surface area contributed by atoms with Crippen molar-refractivity contribution in [3.05, 3.63) is 11.8 Å². The number of rotatable bonds is 1. The zero-order valence-corrected chi connectivity index (χ0v) is 6.71. The first kappa shape index (κ1) is 6.70. The fourth-order valence-electron chi connectivity index (χ4n) is 1.44. The Hall–Kier alpha value is -0.990. The summed E-state index contributed by atoms with van der Waals surface area (Å²) in [5, 5.41) is 3.84. The summed E-state index contributed by atoms with van der Waals surface area (Å²) < 4.78 is 5.12. The van der Waals surface area contributed by atoms with E-state index in [0.29, 0.717) is 0 Å². The van der Waals surface area contributed by atoms with Crippen molar-refractivity contribution in [1.82, 2.24) is 5.16 Å². The molecule has 0 aliphatic carbocycles. The van der Waals surface area contributed by atoms with Crippen molar-refractivity contribution in [2.75, 3.05) is 18.0 Å². The molecular weight excluding hydrogens is 140 g/mol. The first-order valence-electron chi connectivity index (χ1n) is 4.04. The van der Waals surface area contributed by atoms with Crippen molar-refractivity contribution in [1.29, 1.82) is 0 Å². The molecule has 0 spiro atoms. The summed E-state index contributed by atoms with van der Waals surface area (Å²) in [5.74, 6) is 0.931. The molecular formula is C8H12N2O. The average Bonchev–Trinajstić information content (AvgIpc) is 2.55. The smallest absolute Gasteiger partial charge is 0.227 e. The predicted octanol–water partition coefficient (Wildman–Crippen LogP) is 1.58. The van der Waals surface area contributed by atoms with Gasteiger partial charge in [0.1, 0.15) is 0 Å². The molecule has 1 aromatic rings. The third-order valence-electron chi connectivity index (χ3n) is 2.03. The third-order valence-corrected chi connectivity index (χ3v) is 2.03. The highest BCUT2D eigenvalue weighted by atomic mass is 16.5. The highest BCUT2D eigenvalue weighted by molar-refractivity contribution is 5.36. The van der Waals surface area contributed by atoms with E-state index >= 15 is 0 Å². The molecule has 3 nitrogen and oxygen atoms in total. The van der Waals surface area contributed by atoms with Crippen LogP contribution in [0.4, 0.5) is 5.88 Å². The minimum atomic E-state index is 0.931. The molecule has 0 bridgehead atoms. The van der Waals surface area contributed by atoms with Crippen molar-refractivity contribution in [2.24, 2.45) is 0 Å². The molecule has 1 aliphatic heterocycles. The van der Waals surface area contributed by atoms with E-state index < -0.39 is 0 Å². The Bertz CT molecular complexity index is 238. The largest absolute Gasteiger partial charge is 0.341 e. The Balaban J connectivity index is 2.15. The van der Waals surface area contributed by atoms with Gasteiger partial charge in [-0.05, 0) is 19.8 Å². The van der Waals surface area contributed by atoms with E-state index in [1.807, 2.05) is 13.0 Å². The van der Waals surface area contributed by atoms with Crippen molar-refractivity contribution in [3.63, 3.8) is 0 Å². The van der Waals surface area contributed by atoms with Crippen molar-refractivity contribution >= 4 is 5.88 Å². The van der Waals surface area contributed by atoms with Crippen LogP contribution in [0.2, 0.25) is 0 Å². The highest BCUT2D eigenvalue weighted by Gasteiger charge is 2.15. The van der Waals surface area contributed by atoms with E-state index in [2.05, 4.69) is 10.1 Å². The molecule has 1 fully saturated rings. The van der Waals surface area contributed by atoms with Gasteiger partial charge in [0.05, 0.1) is 5.69 Å². The lowest BCUT2D eigenvalue weighted by Crippen LogP contribution is -2.16. The Morgan fingerprint density at radius 2 is 2.18 bits per heavy atom. The Morgan fingerprint density at radius 3 is 2.73 bits per heavy atom. The zero-order chi connectivity index (χ0) is 7.68. The SMILES string of the molecule is Cc1cc(N2CCCC2)on1. The fraction of sp³-hybridized carbons (Fsp3) is 0.625. The minimum absolute atomic E-state index is 0.931. The van der Waals surface area contributed by atoms with E-state index in [4.69, 9.17) is 4.52 Å². The van der Waals surface area contributed by atoms with E-state index in [9.17, 15) is 0 Å². The molecule has 0 radical (unpaired) electrons. The Kier molecular flexibility index (Phi) is 1.56. The van der Waals surface area contributed by atoms with E-state index in [1.54, 1.807) is 0 Å². The fourth-order valence-corrected chi connectivity index (χ4v) is 1.44. The summed E-state index contributed by atoms with van der Waals surface area (Å²) in [6.45, 7) is 4.19. The average molecular weight is 152 g/mol. The van der Waals surface area contributed by atoms with Crippen LogP contribution < -0.4 is 4.90 Å². The van der Waals surface area contributed by atoms with Gasteiger partial charge in [0.25, 0.3) is 0 Å². The van der Waals surface area contributed by atoms with Crippen LogP contribution in [0.15, 0.2) is 10.6 Å². The van der Waals surface area contributed by atoms with Gasteiger partial charge < -0.3 is 9.42 Å². The predicted molar refractivity (Wildman–Crippen MR) is 42.7 cm³/mol. The van der Waals surface area contributed by atoms with Crippen LogP contribution in [-0.2, 0) is 0 Å².